The number of methoxy groups -OCH3 is 1. The molecule has 0 aliphatic heterocycles. The lowest BCUT2D eigenvalue weighted by Crippen LogP contribution is -2.37. The first kappa shape index (κ1) is 14.4. The van der Waals surface area contributed by atoms with Gasteiger partial charge in [0.05, 0.1) is 12.2 Å². The lowest BCUT2D eigenvalue weighted by atomic mass is 10.3. The third-order valence-corrected chi connectivity index (χ3v) is 2.30. The number of rotatable bonds is 6. The van der Waals surface area contributed by atoms with Crippen molar-refractivity contribution < 1.29 is 9.13 Å². The van der Waals surface area contributed by atoms with Crippen molar-refractivity contribution in [2.75, 3.05) is 27.3 Å². The summed E-state index contributed by atoms with van der Waals surface area (Å²) in [5.41, 5.74) is 0.373. The highest BCUT2D eigenvalue weighted by Gasteiger charge is 2.03. The summed E-state index contributed by atoms with van der Waals surface area (Å²) in [5, 5.41) is 6.10. The number of aliphatic imine (C=N–C) groups is 1. The van der Waals surface area contributed by atoms with Gasteiger partial charge < -0.3 is 15.4 Å². The number of hydrogen-bond acceptors (Lipinski definition) is 3. The van der Waals surface area contributed by atoms with E-state index in [0.717, 1.165) is 13.0 Å². The summed E-state index contributed by atoms with van der Waals surface area (Å²) in [6.45, 7) is 1.74. The molecule has 0 spiro atoms. The van der Waals surface area contributed by atoms with Crippen molar-refractivity contribution >= 4 is 5.96 Å². The largest absolute Gasteiger partial charge is 0.385 e. The first-order valence-corrected chi connectivity index (χ1v) is 5.80. The maximum Gasteiger partial charge on any atom is 0.191 e. The zero-order chi connectivity index (χ0) is 13.2. The molecule has 100 valence electrons. The van der Waals surface area contributed by atoms with Crippen molar-refractivity contribution in [2.24, 2.45) is 4.99 Å². The minimum absolute atomic E-state index is 0.302. The van der Waals surface area contributed by atoms with Crippen molar-refractivity contribution in [3.05, 3.63) is 29.8 Å². The highest BCUT2D eigenvalue weighted by molar-refractivity contribution is 5.79. The molecule has 0 aliphatic carbocycles. The molecule has 0 saturated heterocycles. The molecule has 18 heavy (non-hydrogen) atoms. The Kier molecular flexibility index (Phi) is 6.71. The molecule has 0 aromatic carbocycles. The molecule has 0 fully saturated rings. The number of hydrogen-bond donors (Lipinski definition) is 2. The lowest BCUT2D eigenvalue weighted by molar-refractivity contribution is 0.195. The summed E-state index contributed by atoms with van der Waals surface area (Å²) in [6.07, 6.45) is 2.45. The predicted octanol–water partition coefficient (Wildman–Crippen LogP) is 0.922. The van der Waals surface area contributed by atoms with Gasteiger partial charge in [-0.3, -0.25) is 9.98 Å². The number of aromatic nitrogens is 1. The van der Waals surface area contributed by atoms with Crippen LogP contribution < -0.4 is 10.6 Å². The van der Waals surface area contributed by atoms with Gasteiger partial charge in [0, 0.05) is 33.5 Å². The van der Waals surface area contributed by atoms with E-state index in [4.69, 9.17) is 4.74 Å². The van der Waals surface area contributed by atoms with Gasteiger partial charge in [0.25, 0.3) is 0 Å². The third kappa shape index (κ3) is 5.09. The number of pyridine rings is 1. The highest BCUT2D eigenvalue weighted by atomic mass is 19.1. The smallest absolute Gasteiger partial charge is 0.191 e. The van der Waals surface area contributed by atoms with Gasteiger partial charge in [-0.25, -0.2) is 4.39 Å². The van der Waals surface area contributed by atoms with Crippen LogP contribution >= 0.6 is 0 Å². The van der Waals surface area contributed by atoms with Gasteiger partial charge in [-0.1, -0.05) is 0 Å². The average molecular weight is 254 g/mol. The second-order valence-electron chi connectivity index (χ2n) is 3.63. The maximum absolute atomic E-state index is 13.3. The average Bonchev–Trinajstić information content (AvgIpc) is 2.40. The van der Waals surface area contributed by atoms with E-state index in [9.17, 15) is 4.39 Å². The minimum atomic E-state index is -0.320. The summed E-state index contributed by atoms with van der Waals surface area (Å²) < 4.78 is 18.3. The van der Waals surface area contributed by atoms with E-state index in [-0.39, 0.29) is 5.82 Å². The number of ether oxygens (including phenoxy) is 1. The Morgan fingerprint density at radius 2 is 2.33 bits per heavy atom. The lowest BCUT2D eigenvalue weighted by Gasteiger charge is -2.11. The Bertz CT molecular complexity index is 384. The predicted molar refractivity (Wildman–Crippen MR) is 68.9 cm³/mol. The molecule has 0 saturated carbocycles. The Balaban J connectivity index is 2.34. The van der Waals surface area contributed by atoms with Gasteiger partial charge in [0.2, 0.25) is 0 Å². The zero-order valence-electron chi connectivity index (χ0n) is 10.7. The molecular formula is C12H19FN4O. The van der Waals surface area contributed by atoms with Crippen molar-refractivity contribution in [3.8, 4) is 0 Å². The Morgan fingerprint density at radius 3 is 3.00 bits per heavy atom. The first-order chi connectivity index (χ1) is 8.77. The van der Waals surface area contributed by atoms with Crippen LogP contribution in [0.4, 0.5) is 4.39 Å². The van der Waals surface area contributed by atoms with E-state index < -0.39 is 0 Å². The quantitative estimate of drug-likeness (QED) is 0.450. The van der Waals surface area contributed by atoms with Gasteiger partial charge in [0.1, 0.15) is 5.82 Å². The SMILES string of the molecule is CN=C(NCCCOC)NCc1ncccc1F. The molecule has 0 atom stereocenters. The molecule has 6 heteroatoms. The van der Waals surface area contributed by atoms with Crippen LogP contribution in [-0.2, 0) is 11.3 Å². The summed E-state index contributed by atoms with van der Waals surface area (Å²) in [6, 6.07) is 2.95. The maximum atomic E-state index is 13.3. The van der Waals surface area contributed by atoms with Crippen LogP contribution in [0.2, 0.25) is 0 Å². The fourth-order valence-corrected chi connectivity index (χ4v) is 1.36. The normalized spacial score (nSPS) is 11.4. The molecule has 1 aromatic heterocycles. The van der Waals surface area contributed by atoms with E-state index in [2.05, 4.69) is 20.6 Å². The number of nitrogens with zero attached hydrogens (tertiary/aromatic N) is 2. The summed E-state index contributed by atoms with van der Waals surface area (Å²) in [5.74, 6) is 0.302. The first-order valence-electron chi connectivity index (χ1n) is 5.80. The van der Waals surface area contributed by atoms with Crippen LogP contribution in [0.1, 0.15) is 12.1 Å². The molecule has 1 aromatic rings. The molecule has 2 N–H and O–H groups in total. The van der Waals surface area contributed by atoms with Gasteiger partial charge in [-0.2, -0.15) is 0 Å². The second-order valence-corrected chi connectivity index (χ2v) is 3.63. The van der Waals surface area contributed by atoms with Crippen molar-refractivity contribution in [2.45, 2.75) is 13.0 Å². The van der Waals surface area contributed by atoms with Gasteiger partial charge >= 0.3 is 0 Å². The van der Waals surface area contributed by atoms with Gasteiger partial charge in [-0.05, 0) is 18.6 Å². The molecule has 0 bridgehead atoms. The number of nitrogens with one attached hydrogen (secondary N) is 2. The minimum Gasteiger partial charge on any atom is -0.385 e. The van der Waals surface area contributed by atoms with Crippen molar-refractivity contribution in [1.29, 1.82) is 0 Å². The van der Waals surface area contributed by atoms with Crippen molar-refractivity contribution in [3.63, 3.8) is 0 Å². The van der Waals surface area contributed by atoms with E-state index in [1.54, 1.807) is 26.4 Å². The van der Waals surface area contributed by atoms with Crippen LogP contribution in [0, 0.1) is 5.82 Å². The Hall–Kier alpha value is -1.69. The fraction of sp³-hybridized carbons (Fsp3) is 0.500. The number of guanidine groups is 1. The number of halogens is 1. The van der Waals surface area contributed by atoms with E-state index in [1.807, 2.05) is 0 Å². The van der Waals surface area contributed by atoms with Crippen LogP contribution in [0.3, 0.4) is 0 Å². The van der Waals surface area contributed by atoms with Gasteiger partial charge in [-0.15, -0.1) is 0 Å². The monoisotopic (exact) mass is 254 g/mol. The third-order valence-electron chi connectivity index (χ3n) is 2.30. The van der Waals surface area contributed by atoms with Gasteiger partial charge in [0.15, 0.2) is 5.96 Å². The zero-order valence-corrected chi connectivity index (χ0v) is 10.7. The van der Waals surface area contributed by atoms with E-state index in [1.165, 1.54) is 6.07 Å². The summed E-state index contributed by atoms with van der Waals surface area (Å²) in [4.78, 5) is 7.99. The topological polar surface area (TPSA) is 58.5 Å². The molecule has 0 unspecified atom stereocenters. The molecule has 0 aliphatic rings. The second kappa shape index (κ2) is 8.41. The summed E-state index contributed by atoms with van der Waals surface area (Å²) in [7, 11) is 3.33. The Morgan fingerprint density at radius 1 is 1.50 bits per heavy atom. The molecule has 5 nitrogen and oxygen atoms in total. The van der Waals surface area contributed by atoms with E-state index >= 15 is 0 Å². The van der Waals surface area contributed by atoms with Crippen LogP contribution in [0.5, 0.6) is 0 Å². The molecular weight excluding hydrogens is 235 g/mol. The molecule has 1 heterocycles. The molecule has 1 rings (SSSR count). The molecule has 0 radical (unpaired) electrons. The van der Waals surface area contributed by atoms with E-state index in [0.29, 0.717) is 24.8 Å². The van der Waals surface area contributed by atoms with Crippen LogP contribution in [0.15, 0.2) is 23.3 Å². The van der Waals surface area contributed by atoms with Crippen LogP contribution in [-0.4, -0.2) is 38.3 Å². The van der Waals surface area contributed by atoms with Crippen molar-refractivity contribution in [1.82, 2.24) is 15.6 Å². The fourth-order valence-electron chi connectivity index (χ4n) is 1.36. The van der Waals surface area contributed by atoms with Crippen LogP contribution in [0.25, 0.3) is 0 Å². The molecule has 0 amide bonds. The highest BCUT2D eigenvalue weighted by Crippen LogP contribution is 2.01. The Labute approximate surface area is 106 Å². The standard InChI is InChI=1S/C12H19FN4O/c1-14-12(16-7-4-8-18-2)17-9-11-10(13)5-3-6-15-11/h3,5-6H,4,7-9H2,1-2H3,(H2,14,16,17). The summed E-state index contributed by atoms with van der Waals surface area (Å²) >= 11 is 0.